The van der Waals surface area contributed by atoms with Gasteiger partial charge in [0.05, 0.1) is 0 Å². The van der Waals surface area contributed by atoms with Gasteiger partial charge in [-0.1, -0.05) is 35.9 Å². The number of allylic oxidation sites excluding steroid dienone is 4. The Hall–Kier alpha value is -3.01. The first-order valence-electron chi connectivity index (χ1n) is 8.33. The molecule has 3 rings (SSSR count). The van der Waals surface area contributed by atoms with Crippen LogP contribution in [0.3, 0.4) is 0 Å². The Morgan fingerprint density at radius 1 is 1.08 bits per heavy atom. The van der Waals surface area contributed by atoms with E-state index in [-0.39, 0.29) is 5.84 Å². The van der Waals surface area contributed by atoms with E-state index in [0.29, 0.717) is 5.56 Å². The van der Waals surface area contributed by atoms with E-state index in [2.05, 4.69) is 53.9 Å². The lowest BCUT2D eigenvalue weighted by molar-refractivity contribution is 0.856. The summed E-state index contributed by atoms with van der Waals surface area (Å²) in [4.78, 5) is 0. The van der Waals surface area contributed by atoms with Crippen molar-refractivity contribution < 1.29 is 0 Å². The van der Waals surface area contributed by atoms with Crippen LogP contribution in [0.1, 0.15) is 26.3 Å². The van der Waals surface area contributed by atoms with Crippen LogP contribution in [-0.2, 0) is 6.54 Å². The van der Waals surface area contributed by atoms with Crippen LogP contribution in [0, 0.1) is 10.9 Å². The number of fused-ring (bicyclic) bond motifs is 3. The van der Waals surface area contributed by atoms with E-state index in [4.69, 9.17) is 10.9 Å². The first-order chi connectivity index (χ1) is 12.1. The first kappa shape index (κ1) is 16.8. The minimum absolute atomic E-state index is 0.0161. The molecule has 0 aliphatic heterocycles. The van der Waals surface area contributed by atoms with E-state index < -0.39 is 0 Å². The van der Waals surface area contributed by atoms with E-state index >= 15 is 0 Å². The summed E-state index contributed by atoms with van der Waals surface area (Å²) >= 11 is 0. The summed E-state index contributed by atoms with van der Waals surface area (Å²) in [6.45, 7) is 7.12. The zero-order valence-corrected chi connectivity index (χ0v) is 14.8. The molecule has 0 bridgehead atoms. The fourth-order valence-electron chi connectivity index (χ4n) is 3.18. The fourth-order valence-corrected chi connectivity index (χ4v) is 3.18. The van der Waals surface area contributed by atoms with Crippen molar-refractivity contribution in [3.05, 3.63) is 71.3 Å². The zero-order valence-electron chi connectivity index (χ0n) is 14.8. The number of hydrogen-bond acceptors (Lipinski definition) is 2. The molecule has 4 heteroatoms. The van der Waals surface area contributed by atoms with Crippen LogP contribution in [0.25, 0.3) is 21.8 Å². The molecule has 0 spiro atoms. The van der Waals surface area contributed by atoms with Gasteiger partial charge < -0.3 is 4.57 Å². The van der Waals surface area contributed by atoms with Crippen LogP contribution >= 0.6 is 0 Å². The molecule has 0 radical (unpaired) electrons. The average molecular weight is 330 g/mol. The molecule has 0 saturated carbocycles. The summed E-state index contributed by atoms with van der Waals surface area (Å²) in [6, 6.07) is 14.2. The van der Waals surface area contributed by atoms with E-state index in [1.807, 2.05) is 31.2 Å². The summed E-state index contributed by atoms with van der Waals surface area (Å²) in [5, 5.41) is 13.3. The zero-order chi connectivity index (χ0) is 18.0. The molecule has 0 atom stereocenters. The second kappa shape index (κ2) is 6.85. The number of rotatable bonds is 4. The van der Waals surface area contributed by atoms with E-state index in [9.17, 15) is 0 Å². The standard InChI is InChI=1S/C21H22N4/c1-4-7-16(14(2)3)13-25-19-9-6-5-8-17(19)18-12-15(21(22)24-23)10-11-20(18)25/h4-12,22-23H,13H2,1-3H3/b7-4-,22-21?,24-23?. The molecule has 126 valence electrons. The number of benzene rings is 2. The molecule has 3 aromatic rings. The second-order valence-corrected chi connectivity index (χ2v) is 6.32. The van der Waals surface area contributed by atoms with Gasteiger partial charge >= 0.3 is 0 Å². The van der Waals surface area contributed by atoms with Gasteiger partial charge in [-0.15, -0.1) is 5.11 Å². The summed E-state index contributed by atoms with van der Waals surface area (Å²) in [6.07, 6.45) is 4.24. The Labute approximate surface area is 147 Å². The molecule has 0 aliphatic rings. The van der Waals surface area contributed by atoms with Gasteiger partial charge in [-0.25, -0.2) is 5.53 Å². The number of hydrogen-bond donors (Lipinski definition) is 2. The number of para-hydroxylation sites is 1. The number of aromatic nitrogens is 1. The van der Waals surface area contributed by atoms with Gasteiger partial charge in [0.15, 0.2) is 5.84 Å². The summed E-state index contributed by atoms with van der Waals surface area (Å²) in [5.74, 6) is -0.0161. The maximum atomic E-state index is 7.82. The van der Waals surface area contributed by atoms with Crippen molar-refractivity contribution >= 4 is 27.6 Å². The summed E-state index contributed by atoms with van der Waals surface area (Å²) in [7, 11) is 0. The van der Waals surface area contributed by atoms with Crippen LogP contribution in [-0.4, -0.2) is 10.4 Å². The third-order valence-electron chi connectivity index (χ3n) is 4.50. The smallest absolute Gasteiger partial charge is 0.173 e. The van der Waals surface area contributed by atoms with Gasteiger partial charge in [0.1, 0.15) is 0 Å². The van der Waals surface area contributed by atoms with Gasteiger partial charge in [-0.05, 0) is 50.6 Å². The number of nitrogens with one attached hydrogen (secondary N) is 2. The Kier molecular flexibility index (Phi) is 4.61. The Balaban J connectivity index is 2.28. The van der Waals surface area contributed by atoms with Crippen molar-refractivity contribution in [3.63, 3.8) is 0 Å². The van der Waals surface area contributed by atoms with Gasteiger partial charge in [-0.3, -0.25) is 5.41 Å². The van der Waals surface area contributed by atoms with Gasteiger partial charge in [0, 0.05) is 33.9 Å². The SMILES string of the molecule is C/C=C\C(Cn1c2ccccc2c2cc(C(=N)N=N)ccc21)=C(C)C. The monoisotopic (exact) mass is 330 g/mol. The van der Waals surface area contributed by atoms with Crippen molar-refractivity contribution in [2.45, 2.75) is 27.3 Å². The third-order valence-corrected chi connectivity index (χ3v) is 4.50. The highest BCUT2D eigenvalue weighted by Crippen LogP contribution is 2.31. The molecule has 25 heavy (non-hydrogen) atoms. The lowest BCUT2D eigenvalue weighted by atomic mass is 10.1. The van der Waals surface area contributed by atoms with Crippen molar-refractivity contribution in [2.75, 3.05) is 0 Å². The Morgan fingerprint density at radius 3 is 2.48 bits per heavy atom. The lowest BCUT2D eigenvalue weighted by Crippen LogP contribution is -2.01. The predicted octanol–water partition coefficient (Wildman–Crippen LogP) is 6.06. The normalized spacial score (nSPS) is 11.3. The first-order valence-corrected chi connectivity index (χ1v) is 8.33. The largest absolute Gasteiger partial charge is 0.336 e. The van der Waals surface area contributed by atoms with E-state index in [0.717, 1.165) is 22.8 Å². The van der Waals surface area contributed by atoms with Crippen LogP contribution < -0.4 is 0 Å². The molecule has 1 aromatic heterocycles. The second-order valence-electron chi connectivity index (χ2n) is 6.32. The highest BCUT2D eigenvalue weighted by Gasteiger charge is 2.13. The number of nitrogens with zero attached hydrogens (tertiary/aromatic N) is 2. The molecular weight excluding hydrogens is 308 g/mol. The van der Waals surface area contributed by atoms with E-state index in [1.165, 1.54) is 16.7 Å². The van der Waals surface area contributed by atoms with Crippen LogP contribution in [0.4, 0.5) is 0 Å². The summed E-state index contributed by atoms with van der Waals surface area (Å²) in [5.41, 5.74) is 12.7. The van der Waals surface area contributed by atoms with Crippen molar-refractivity contribution in [1.82, 2.24) is 4.57 Å². The summed E-state index contributed by atoms with van der Waals surface area (Å²) < 4.78 is 2.32. The van der Waals surface area contributed by atoms with Crippen molar-refractivity contribution in [3.8, 4) is 0 Å². The highest BCUT2D eigenvalue weighted by molar-refractivity contribution is 6.11. The maximum absolute atomic E-state index is 7.82. The topological polar surface area (TPSA) is 65.0 Å². The molecule has 0 fully saturated rings. The van der Waals surface area contributed by atoms with Gasteiger partial charge in [0.25, 0.3) is 0 Å². The molecule has 2 aromatic carbocycles. The minimum Gasteiger partial charge on any atom is -0.336 e. The lowest BCUT2D eigenvalue weighted by Gasteiger charge is -2.11. The molecule has 1 heterocycles. The highest BCUT2D eigenvalue weighted by atomic mass is 15.0. The molecule has 4 nitrogen and oxygen atoms in total. The van der Waals surface area contributed by atoms with Crippen LogP contribution in [0.15, 0.2) is 70.9 Å². The van der Waals surface area contributed by atoms with Crippen molar-refractivity contribution in [1.29, 1.82) is 10.9 Å². The molecule has 2 N–H and O–H groups in total. The Morgan fingerprint density at radius 2 is 1.80 bits per heavy atom. The quantitative estimate of drug-likeness (QED) is 0.253. The molecular formula is C21H22N4. The maximum Gasteiger partial charge on any atom is 0.173 e. The van der Waals surface area contributed by atoms with Crippen LogP contribution in [0.5, 0.6) is 0 Å². The van der Waals surface area contributed by atoms with Crippen molar-refractivity contribution in [2.24, 2.45) is 5.11 Å². The predicted molar refractivity (Wildman–Crippen MR) is 105 cm³/mol. The minimum atomic E-state index is -0.0161. The molecule has 0 aliphatic carbocycles. The van der Waals surface area contributed by atoms with E-state index in [1.54, 1.807) is 0 Å². The number of amidine groups is 1. The van der Waals surface area contributed by atoms with Gasteiger partial charge in [0.2, 0.25) is 0 Å². The molecule has 0 saturated heterocycles. The molecule has 0 amide bonds. The average Bonchev–Trinajstić information content (AvgIpc) is 2.94. The fraction of sp³-hybridized carbons (Fsp3) is 0.190. The Bertz CT molecular complexity index is 1030. The molecule has 0 unspecified atom stereocenters. The van der Waals surface area contributed by atoms with Crippen LogP contribution in [0.2, 0.25) is 0 Å². The van der Waals surface area contributed by atoms with Gasteiger partial charge in [-0.2, -0.15) is 0 Å². The third kappa shape index (κ3) is 3.03.